The van der Waals surface area contributed by atoms with Gasteiger partial charge in [0.15, 0.2) is 0 Å². The van der Waals surface area contributed by atoms with Crippen molar-refractivity contribution in [2.45, 2.75) is 31.3 Å². The minimum Gasteiger partial charge on any atom is -0.341 e. The van der Waals surface area contributed by atoms with Crippen molar-refractivity contribution >= 4 is 15.9 Å². The molecule has 2 rings (SSSR count). The lowest BCUT2D eigenvalue weighted by Gasteiger charge is -2.35. The van der Waals surface area contributed by atoms with E-state index < -0.39 is 33.2 Å². The number of alkyl halides is 3. The van der Waals surface area contributed by atoms with Gasteiger partial charge in [0.2, 0.25) is 15.9 Å². The molecule has 1 fully saturated rings. The molecule has 140 valence electrons. The summed E-state index contributed by atoms with van der Waals surface area (Å²) in [5.41, 5.74) is -1.06. The predicted molar refractivity (Wildman–Crippen MR) is 86.2 cm³/mol. The van der Waals surface area contributed by atoms with Crippen molar-refractivity contribution in [2.24, 2.45) is 11.8 Å². The van der Waals surface area contributed by atoms with Crippen molar-refractivity contribution in [3.8, 4) is 0 Å². The quantitative estimate of drug-likeness (QED) is 0.875. The second-order valence-electron chi connectivity index (χ2n) is 6.59. The van der Waals surface area contributed by atoms with E-state index in [2.05, 4.69) is 4.72 Å². The SMILES string of the molecule is CC1CC(C)CN(C(=O)CNS(=O)(=O)c2cccc(C(F)(F)F)c2)C1. The number of benzene rings is 1. The normalized spacial score (nSPS) is 22.0. The van der Waals surface area contributed by atoms with Crippen LogP contribution in [0, 0.1) is 11.8 Å². The number of carbonyl (C=O) groups is 1. The van der Waals surface area contributed by atoms with Crippen molar-refractivity contribution in [1.82, 2.24) is 9.62 Å². The van der Waals surface area contributed by atoms with Gasteiger partial charge in [0, 0.05) is 13.1 Å². The van der Waals surface area contributed by atoms with Crippen LogP contribution >= 0.6 is 0 Å². The van der Waals surface area contributed by atoms with Gasteiger partial charge in [-0.25, -0.2) is 13.1 Å². The first-order valence-electron chi connectivity index (χ1n) is 7.93. The number of piperidine rings is 1. The molecular weight excluding hydrogens is 357 g/mol. The third-order valence-corrected chi connectivity index (χ3v) is 5.51. The molecule has 9 heteroatoms. The molecule has 0 radical (unpaired) electrons. The van der Waals surface area contributed by atoms with Crippen molar-refractivity contribution in [1.29, 1.82) is 0 Å². The Morgan fingerprint density at radius 3 is 2.40 bits per heavy atom. The first-order chi connectivity index (χ1) is 11.5. The van der Waals surface area contributed by atoms with E-state index in [1.807, 2.05) is 13.8 Å². The largest absolute Gasteiger partial charge is 0.416 e. The van der Waals surface area contributed by atoms with Crippen LogP contribution in [0.2, 0.25) is 0 Å². The number of hydrogen-bond donors (Lipinski definition) is 1. The lowest BCUT2D eigenvalue weighted by atomic mass is 9.92. The molecule has 1 saturated heterocycles. The molecule has 1 aliphatic heterocycles. The van der Waals surface area contributed by atoms with E-state index in [0.717, 1.165) is 24.6 Å². The van der Waals surface area contributed by atoms with E-state index in [4.69, 9.17) is 0 Å². The number of halogens is 3. The molecule has 0 saturated carbocycles. The molecule has 1 heterocycles. The summed E-state index contributed by atoms with van der Waals surface area (Å²) in [5.74, 6) is 0.273. The fraction of sp³-hybridized carbons (Fsp3) is 0.562. The molecule has 2 atom stereocenters. The van der Waals surface area contributed by atoms with E-state index in [1.54, 1.807) is 4.90 Å². The van der Waals surface area contributed by atoms with Gasteiger partial charge in [0.1, 0.15) is 0 Å². The summed E-state index contributed by atoms with van der Waals surface area (Å²) >= 11 is 0. The molecule has 0 spiro atoms. The molecular formula is C16H21F3N2O3S. The zero-order chi connectivity index (χ0) is 18.8. The zero-order valence-electron chi connectivity index (χ0n) is 14.0. The van der Waals surface area contributed by atoms with Crippen molar-refractivity contribution < 1.29 is 26.4 Å². The summed E-state index contributed by atoms with van der Waals surface area (Å²) in [6.45, 7) is 4.66. The lowest BCUT2D eigenvalue weighted by molar-refractivity contribution is -0.137. The first-order valence-corrected chi connectivity index (χ1v) is 9.42. The van der Waals surface area contributed by atoms with E-state index in [1.165, 1.54) is 0 Å². The summed E-state index contributed by atoms with van der Waals surface area (Å²) in [6.07, 6.45) is -3.64. The highest BCUT2D eigenvalue weighted by molar-refractivity contribution is 7.89. The average Bonchev–Trinajstić information content (AvgIpc) is 2.51. The van der Waals surface area contributed by atoms with E-state index in [9.17, 15) is 26.4 Å². The minimum atomic E-state index is -4.64. The van der Waals surface area contributed by atoms with Crippen molar-refractivity contribution in [3.05, 3.63) is 29.8 Å². The fourth-order valence-electron chi connectivity index (χ4n) is 3.06. The highest BCUT2D eigenvalue weighted by atomic mass is 32.2. The van der Waals surface area contributed by atoms with Gasteiger partial charge >= 0.3 is 6.18 Å². The number of hydrogen-bond acceptors (Lipinski definition) is 3. The Bertz CT molecular complexity index is 724. The Hall–Kier alpha value is -1.61. The standard InChI is InChI=1S/C16H21F3N2O3S/c1-11-6-12(2)10-21(9-11)15(22)8-20-25(23,24)14-5-3-4-13(7-14)16(17,18)19/h3-5,7,11-12,20H,6,8-10H2,1-2H3. The van der Waals surface area contributed by atoms with Crippen LogP contribution in [0.15, 0.2) is 29.2 Å². The summed E-state index contributed by atoms with van der Waals surface area (Å²) in [7, 11) is -4.20. The summed E-state index contributed by atoms with van der Waals surface area (Å²) in [4.78, 5) is 13.3. The van der Waals surface area contributed by atoms with E-state index in [0.29, 0.717) is 31.0 Å². The van der Waals surface area contributed by atoms with Crippen LogP contribution in [-0.2, 0) is 21.0 Å². The van der Waals surface area contributed by atoms with Crippen LogP contribution in [0.1, 0.15) is 25.8 Å². The minimum absolute atomic E-state index is 0.327. The molecule has 25 heavy (non-hydrogen) atoms. The fourth-order valence-corrected chi connectivity index (χ4v) is 4.08. The molecule has 2 unspecified atom stereocenters. The van der Waals surface area contributed by atoms with Crippen LogP contribution in [-0.4, -0.2) is 38.9 Å². The van der Waals surface area contributed by atoms with Gasteiger partial charge in [-0.1, -0.05) is 19.9 Å². The predicted octanol–water partition coefficient (Wildman–Crippen LogP) is 2.49. The highest BCUT2D eigenvalue weighted by Crippen LogP contribution is 2.30. The molecule has 1 aromatic rings. The number of amides is 1. The maximum atomic E-state index is 12.7. The van der Waals surface area contributed by atoms with E-state index in [-0.39, 0.29) is 5.91 Å². The Labute approximate surface area is 145 Å². The number of sulfonamides is 1. The van der Waals surface area contributed by atoms with Gasteiger partial charge in [-0.3, -0.25) is 4.79 Å². The third-order valence-electron chi connectivity index (χ3n) is 4.11. The molecule has 0 aromatic heterocycles. The molecule has 1 aliphatic rings. The number of likely N-dealkylation sites (tertiary alicyclic amines) is 1. The third kappa shape index (κ3) is 5.18. The lowest BCUT2D eigenvalue weighted by Crippen LogP contribution is -2.46. The van der Waals surface area contributed by atoms with Gasteiger partial charge in [-0.15, -0.1) is 0 Å². The Kier molecular flexibility index (Phi) is 5.78. The second-order valence-corrected chi connectivity index (χ2v) is 8.36. The maximum absolute atomic E-state index is 12.7. The van der Waals surface area contributed by atoms with Crippen molar-refractivity contribution in [3.63, 3.8) is 0 Å². The zero-order valence-corrected chi connectivity index (χ0v) is 14.8. The van der Waals surface area contributed by atoms with Crippen LogP contribution in [0.4, 0.5) is 13.2 Å². The molecule has 1 N–H and O–H groups in total. The molecule has 1 amide bonds. The van der Waals surface area contributed by atoms with Gasteiger partial charge < -0.3 is 4.90 Å². The molecule has 0 bridgehead atoms. The second kappa shape index (κ2) is 7.33. The number of rotatable bonds is 4. The summed E-state index contributed by atoms with van der Waals surface area (Å²) < 4.78 is 64.6. The van der Waals surface area contributed by atoms with Crippen LogP contribution in [0.25, 0.3) is 0 Å². The molecule has 0 aliphatic carbocycles. The van der Waals surface area contributed by atoms with E-state index >= 15 is 0 Å². The first kappa shape index (κ1) is 19.7. The smallest absolute Gasteiger partial charge is 0.341 e. The average molecular weight is 378 g/mol. The van der Waals surface area contributed by atoms with Gasteiger partial charge in [0.25, 0.3) is 0 Å². The number of nitrogens with one attached hydrogen (secondary N) is 1. The van der Waals surface area contributed by atoms with Crippen LogP contribution in [0.3, 0.4) is 0 Å². The van der Waals surface area contributed by atoms with Gasteiger partial charge in [-0.05, 0) is 36.5 Å². The van der Waals surface area contributed by atoms with Gasteiger partial charge in [-0.2, -0.15) is 13.2 Å². The van der Waals surface area contributed by atoms with Gasteiger partial charge in [0.05, 0.1) is 17.0 Å². The Morgan fingerprint density at radius 2 is 1.84 bits per heavy atom. The van der Waals surface area contributed by atoms with Crippen LogP contribution < -0.4 is 4.72 Å². The van der Waals surface area contributed by atoms with Crippen molar-refractivity contribution in [2.75, 3.05) is 19.6 Å². The summed E-state index contributed by atoms with van der Waals surface area (Å²) in [5, 5.41) is 0. The number of nitrogens with zero attached hydrogens (tertiary/aromatic N) is 1. The molecule has 5 nitrogen and oxygen atoms in total. The maximum Gasteiger partial charge on any atom is 0.416 e. The highest BCUT2D eigenvalue weighted by Gasteiger charge is 2.32. The molecule has 1 aromatic carbocycles. The monoisotopic (exact) mass is 378 g/mol. The number of carbonyl (C=O) groups excluding carboxylic acids is 1. The van der Waals surface area contributed by atoms with Crippen LogP contribution in [0.5, 0.6) is 0 Å². The topological polar surface area (TPSA) is 66.5 Å². The summed E-state index contributed by atoms with van der Waals surface area (Å²) in [6, 6.07) is 3.43. The Balaban J connectivity index is 2.05. The Morgan fingerprint density at radius 1 is 1.24 bits per heavy atom.